The number of nitrogens with one attached hydrogen (secondary N) is 1. The van der Waals surface area contributed by atoms with Crippen LogP contribution in [0, 0.1) is 5.92 Å². The van der Waals surface area contributed by atoms with Crippen molar-refractivity contribution in [1.82, 2.24) is 5.32 Å². The largest absolute Gasteiger partial charge is 0.459 e. The number of amides is 1. The summed E-state index contributed by atoms with van der Waals surface area (Å²) in [6.45, 7) is 13.0. The Bertz CT molecular complexity index is 538. The summed E-state index contributed by atoms with van der Waals surface area (Å²) in [6.07, 6.45) is 8.34. The second-order valence-electron chi connectivity index (χ2n) is 6.77. The molecule has 5 atom stereocenters. The minimum Gasteiger partial charge on any atom is -0.459 e. The summed E-state index contributed by atoms with van der Waals surface area (Å²) in [7, 11) is 0. The number of esters is 1. The number of rotatable bonds is 7. The quantitative estimate of drug-likeness (QED) is 0.435. The van der Waals surface area contributed by atoms with Crippen molar-refractivity contribution < 1.29 is 19.1 Å². The molecule has 0 radical (unpaired) electrons. The van der Waals surface area contributed by atoms with E-state index in [2.05, 4.69) is 24.9 Å². The van der Waals surface area contributed by atoms with E-state index in [1.54, 1.807) is 13.0 Å². The second kappa shape index (κ2) is 10.2. The van der Waals surface area contributed by atoms with Crippen molar-refractivity contribution in [2.45, 2.75) is 71.8 Å². The fraction of sp³-hybridized carbons (Fsp3) is 0.600. The Morgan fingerprint density at radius 3 is 2.64 bits per heavy atom. The summed E-state index contributed by atoms with van der Waals surface area (Å²) in [5.41, 5.74) is 1.14. The van der Waals surface area contributed by atoms with E-state index in [1.807, 2.05) is 19.9 Å². The van der Waals surface area contributed by atoms with Gasteiger partial charge in [0, 0.05) is 13.0 Å². The molecule has 0 aromatic rings. The first-order valence-corrected chi connectivity index (χ1v) is 8.83. The number of ether oxygens (including phenoxy) is 2. The van der Waals surface area contributed by atoms with Gasteiger partial charge >= 0.3 is 5.97 Å². The van der Waals surface area contributed by atoms with Crippen LogP contribution in [0.15, 0.2) is 36.5 Å². The van der Waals surface area contributed by atoms with Gasteiger partial charge in [0.1, 0.15) is 6.10 Å². The van der Waals surface area contributed by atoms with Gasteiger partial charge in [-0.15, -0.1) is 0 Å². The smallest absolute Gasteiger partial charge is 0.303 e. The second-order valence-corrected chi connectivity index (χ2v) is 6.77. The average molecular weight is 349 g/mol. The molecule has 1 aliphatic heterocycles. The molecule has 1 N–H and O–H groups in total. The molecule has 5 heteroatoms. The SMILES string of the molecule is C=CC(C)=CCC1OC(C)C(NC(=O)C=CC(C)OC(C)=O)CC1C. The van der Waals surface area contributed by atoms with Gasteiger partial charge in [-0.1, -0.05) is 31.2 Å². The summed E-state index contributed by atoms with van der Waals surface area (Å²) >= 11 is 0. The number of hydrogen-bond donors (Lipinski definition) is 1. The summed E-state index contributed by atoms with van der Waals surface area (Å²) in [6, 6.07) is -0.0306. The van der Waals surface area contributed by atoms with Crippen molar-refractivity contribution in [3.05, 3.63) is 36.5 Å². The molecular formula is C20H31NO4. The number of allylic oxidation sites excluding steroid dienone is 2. The average Bonchev–Trinajstić information content (AvgIpc) is 2.53. The van der Waals surface area contributed by atoms with E-state index in [4.69, 9.17) is 9.47 Å². The van der Waals surface area contributed by atoms with E-state index in [9.17, 15) is 9.59 Å². The first kappa shape index (κ1) is 21.2. The highest BCUT2D eigenvalue weighted by atomic mass is 16.5. The van der Waals surface area contributed by atoms with Gasteiger partial charge in [-0.2, -0.15) is 0 Å². The van der Waals surface area contributed by atoms with Crippen molar-refractivity contribution in [3.63, 3.8) is 0 Å². The molecule has 0 aromatic carbocycles. The third kappa shape index (κ3) is 7.69. The zero-order valence-electron chi connectivity index (χ0n) is 16.0. The summed E-state index contributed by atoms with van der Waals surface area (Å²) in [5.74, 6) is -0.223. The van der Waals surface area contributed by atoms with Crippen LogP contribution in [0.3, 0.4) is 0 Å². The monoisotopic (exact) mass is 349 g/mol. The summed E-state index contributed by atoms with van der Waals surface area (Å²) in [4.78, 5) is 22.9. The Kier molecular flexibility index (Phi) is 8.62. The Hall–Kier alpha value is -1.88. The van der Waals surface area contributed by atoms with Crippen LogP contribution >= 0.6 is 0 Å². The van der Waals surface area contributed by atoms with Gasteiger partial charge in [0.15, 0.2) is 0 Å². The van der Waals surface area contributed by atoms with Gasteiger partial charge in [-0.05, 0) is 45.6 Å². The standard InChI is InChI=1S/C20H31NO4/c1-7-13(2)8-10-19-14(3)12-18(16(5)25-19)21-20(23)11-9-15(4)24-17(6)22/h7-9,11,14-16,18-19H,1,10,12H2,2-6H3,(H,21,23). The van der Waals surface area contributed by atoms with Crippen LogP contribution in [0.2, 0.25) is 0 Å². The van der Waals surface area contributed by atoms with Crippen LogP contribution < -0.4 is 5.32 Å². The predicted octanol–water partition coefficient (Wildman–Crippen LogP) is 3.31. The van der Waals surface area contributed by atoms with Crippen molar-refractivity contribution >= 4 is 11.9 Å². The minimum absolute atomic E-state index is 0.0306. The van der Waals surface area contributed by atoms with Crippen LogP contribution in [0.5, 0.6) is 0 Å². The lowest BCUT2D eigenvalue weighted by atomic mass is 9.88. The van der Waals surface area contributed by atoms with Crippen LogP contribution in [0.25, 0.3) is 0 Å². The van der Waals surface area contributed by atoms with Gasteiger partial charge < -0.3 is 14.8 Å². The summed E-state index contributed by atoms with van der Waals surface area (Å²) in [5, 5.41) is 2.98. The maximum Gasteiger partial charge on any atom is 0.303 e. The molecule has 1 aliphatic rings. The van der Waals surface area contributed by atoms with E-state index in [-0.39, 0.29) is 30.1 Å². The number of carbonyl (C=O) groups is 2. The first-order valence-electron chi connectivity index (χ1n) is 8.83. The molecule has 1 amide bonds. The molecule has 1 fully saturated rings. The molecule has 0 aromatic heterocycles. The highest BCUT2D eigenvalue weighted by molar-refractivity contribution is 5.87. The number of carbonyl (C=O) groups excluding carboxylic acids is 2. The maximum absolute atomic E-state index is 12.1. The minimum atomic E-state index is -0.425. The molecule has 25 heavy (non-hydrogen) atoms. The molecule has 1 heterocycles. The van der Waals surface area contributed by atoms with Gasteiger partial charge in [0.05, 0.1) is 18.2 Å². The fourth-order valence-corrected chi connectivity index (χ4v) is 2.85. The van der Waals surface area contributed by atoms with E-state index in [1.165, 1.54) is 13.0 Å². The zero-order chi connectivity index (χ0) is 19.0. The lowest BCUT2D eigenvalue weighted by Gasteiger charge is -2.39. The Balaban J connectivity index is 2.53. The topological polar surface area (TPSA) is 64.6 Å². The Morgan fingerprint density at radius 1 is 1.36 bits per heavy atom. The van der Waals surface area contributed by atoms with Crippen LogP contribution in [-0.4, -0.2) is 36.2 Å². The third-order valence-corrected chi connectivity index (χ3v) is 4.41. The summed E-state index contributed by atoms with van der Waals surface area (Å²) < 4.78 is 11.1. The van der Waals surface area contributed by atoms with Crippen molar-refractivity contribution in [2.75, 3.05) is 0 Å². The number of hydrogen-bond acceptors (Lipinski definition) is 4. The molecule has 0 aliphatic carbocycles. The van der Waals surface area contributed by atoms with E-state index < -0.39 is 6.10 Å². The maximum atomic E-state index is 12.1. The van der Waals surface area contributed by atoms with Crippen molar-refractivity contribution in [2.24, 2.45) is 5.92 Å². The lowest BCUT2D eigenvalue weighted by Crippen LogP contribution is -2.50. The van der Waals surface area contributed by atoms with E-state index in [0.29, 0.717) is 5.92 Å². The Morgan fingerprint density at radius 2 is 2.04 bits per heavy atom. The van der Waals surface area contributed by atoms with E-state index >= 15 is 0 Å². The van der Waals surface area contributed by atoms with Gasteiger partial charge in [0.2, 0.25) is 5.91 Å². The van der Waals surface area contributed by atoms with Crippen molar-refractivity contribution in [3.8, 4) is 0 Å². The lowest BCUT2D eigenvalue weighted by molar-refractivity contribution is -0.143. The Labute approximate surface area is 151 Å². The first-order chi connectivity index (χ1) is 11.7. The fourth-order valence-electron chi connectivity index (χ4n) is 2.85. The van der Waals surface area contributed by atoms with E-state index in [0.717, 1.165) is 18.4 Å². The zero-order valence-corrected chi connectivity index (χ0v) is 16.0. The molecular weight excluding hydrogens is 318 g/mol. The van der Waals surface area contributed by atoms with Crippen molar-refractivity contribution in [1.29, 1.82) is 0 Å². The molecule has 0 spiro atoms. The molecule has 1 saturated heterocycles. The third-order valence-electron chi connectivity index (χ3n) is 4.41. The van der Waals surface area contributed by atoms with Gasteiger partial charge in [-0.25, -0.2) is 0 Å². The normalized spacial score (nSPS) is 28.4. The molecule has 5 unspecified atom stereocenters. The molecule has 5 nitrogen and oxygen atoms in total. The molecule has 0 saturated carbocycles. The van der Waals surface area contributed by atoms with Gasteiger partial charge in [0.25, 0.3) is 0 Å². The van der Waals surface area contributed by atoms with Crippen LogP contribution in [-0.2, 0) is 19.1 Å². The molecule has 140 valence electrons. The highest BCUT2D eigenvalue weighted by Crippen LogP contribution is 2.27. The highest BCUT2D eigenvalue weighted by Gasteiger charge is 2.33. The molecule has 1 rings (SSSR count). The van der Waals surface area contributed by atoms with Crippen LogP contribution in [0.4, 0.5) is 0 Å². The molecule has 0 bridgehead atoms. The van der Waals surface area contributed by atoms with Gasteiger partial charge in [-0.3, -0.25) is 9.59 Å². The van der Waals surface area contributed by atoms with Crippen LogP contribution in [0.1, 0.15) is 47.5 Å². The predicted molar refractivity (Wildman–Crippen MR) is 99.0 cm³/mol.